The Morgan fingerprint density at radius 3 is 2.88 bits per heavy atom. The lowest BCUT2D eigenvalue weighted by atomic mass is 10.1. The number of carbonyl (C=O) groups is 1. The number of carboxylic acid groups (broad SMARTS) is 1. The van der Waals surface area contributed by atoms with Gasteiger partial charge in [0.1, 0.15) is 0 Å². The van der Waals surface area contributed by atoms with Gasteiger partial charge in [-0.15, -0.1) is 0 Å². The maximum atomic E-state index is 10.9. The lowest BCUT2D eigenvalue weighted by Gasteiger charge is -2.32. The van der Waals surface area contributed by atoms with Crippen LogP contribution in [0.4, 0.5) is 11.4 Å². The SMILES string of the molecule is Nc1ccc(C(=O)O)cc1N1CCCC(O)C1. The molecule has 0 saturated carbocycles. The number of carboxylic acids is 1. The van der Waals surface area contributed by atoms with Gasteiger partial charge in [0.05, 0.1) is 23.0 Å². The maximum absolute atomic E-state index is 10.9. The average Bonchev–Trinajstić information content (AvgIpc) is 2.29. The summed E-state index contributed by atoms with van der Waals surface area (Å²) in [5, 5.41) is 18.6. The summed E-state index contributed by atoms with van der Waals surface area (Å²) in [6, 6.07) is 4.65. The number of aliphatic hydroxyl groups excluding tert-OH is 1. The molecule has 5 heteroatoms. The molecule has 4 N–H and O–H groups in total. The van der Waals surface area contributed by atoms with Crippen LogP contribution < -0.4 is 10.6 Å². The van der Waals surface area contributed by atoms with Gasteiger partial charge < -0.3 is 20.8 Å². The summed E-state index contributed by atoms with van der Waals surface area (Å²) < 4.78 is 0. The van der Waals surface area contributed by atoms with Crippen molar-refractivity contribution in [1.29, 1.82) is 0 Å². The van der Waals surface area contributed by atoms with E-state index in [1.165, 1.54) is 6.07 Å². The van der Waals surface area contributed by atoms with Gasteiger partial charge in [0.25, 0.3) is 0 Å². The monoisotopic (exact) mass is 236 g/mol. The number of rotatable bonds is 2. The fourth-order valence-corrected chi connectivity index (χ4v) is 2.12. The minimum Gasteiger partial charge on any atom is -0.478 e. The van der Waals surface area contributed by atoms with Crippen molar-refractivity contribution in [2.24, 2.45) is 0 Å². The van der Waals surface area contributed by atoms with Crippen LogP contribution in [0.25, 0.3) is 0 Å². The first-order valence-corrected chi connectivity index (χ1v) is 5.64. The number of benzene rings is 1. The maximum Gasteiger partial charge on any atom is 0.335 e. The molecule has 0 bridgehead atoms. The van der Waals surface area contributed by atoms with Gasteiger partial charge in [0.15, 0.2) is 0 Å². The summed E-state index contributed by atoms with van der Waals surface area (Å²) in [5.74, 6) is -0.969. The summed E-state index contributed by atoms with van der Waals surface area (Å²) in [5.41, 5.74) is 7.31. The number of β-amino-alcohol motifs (C(OH)–C–C–N with tert-alkyl or cyclic N) is 1. The van der Waals surface area contributed by atoms with Crippen molar-refractivity contribution in [3.8, 4) is 0 Å². The molecule has 0 aromatic heterocycles. The molecule has 0 radical (unpaired) electrons. The molecule has 1 saturated heterocycles. The normalized spacial score (nSPS) is 20.3. The summed E-state index contributed by atoms with van der Waals surface area (Å²) in [6.07, 6.45) is 1.31. The molecule has 1 heterocycles. The Labute approximate surface area is 99.5 Å². The summed E-state index contributed by atoms with van der Waals surface area (Å²) in [7, 11) is 0. The van der Waals surface area contributed by atoms with Gasteiger partial charge in [-0.3, -0.25) is 0 Å². The van der Waals surface area contributed by atoms with Crippen LogP contribution in [0, 0.1) is 0 Å². The van der Waals surface area contributed by atoms with Gasteiger partial charge in [0.2, 0.25) is 0 Å². The molecule has 1 atom stereocenters. The molecule has 92 valence electrons. The predicted molar refractivity (Wildman–Crippen MR) is 65.3 cm³/mol. The van der Waals surface area contributed by atoms with Crippen molar-refractivity contribution in [2.45, 2.75) is 18.9 Å². The fraction of sp³-hybridized carbons (Fsp3) is 0.417. The number of nitrogen functional groups attached to an aromatic ring is 1. The van der Waals surface area contributed by atoms with Crippen molar-refractivity contribution in [1.82, 2.24) is 0 Å². The third-order valence-corrected chi connectivity index (χ3v) is 3.01. The summed E-state index contributed by atoms with van der Waals surface area (Å²) >= 11 is 0. The standard InChI is InChI=1S/C12H16N2O3/c13-10-4-3-8(12(16)17)6-11(10)14-5-1-2-9(15)7-14/h3-4,6,9,15H,1-2,5,7,13H2,(H,16,17). The van der Waals surface area contributed by atoms with Crippen molar-refractivity contribution in [3.63, 3.8) is 0 Å². The first-order chi connectivity index (χ1) is 8.08. The first kappa shape index (κ1) is 11.7. The highest BCUT2D eigenvalue weighted by atomic mass is 16.4. The Morgan fingerprint density at radius 2 is 2.24 bits per heavy atom. The molecule has 2 rings (SSSR count). The molecule has 1 aliphatic rings. The topological polar surface area (TPSA) is 86.8 Å². The van der Waals surface area contributed by atoms with E-state index in [9.17, 15) is 9.90 Å². The summed E-state index contributed by atoms with van der Waals surface area (Å²) in [6.45, 7) is 1.30. The van der Waals surface area contributed by atoms with E-state index in [4.69, 9.17) is 10.8 Å². The summed E-state index contributed by atoms with van der Waals surface area (Å²) in [4.78, 5) is 12.8. The number of hydrogen-bond acceptors (Lipinski definition) is 4. The number of aliphatic hydroxyl groups is 1. The van der Waals surface area contributed by atoms with Gasteiger partial charge in [-0.25, -0.2) is 4.79 Å². The number of anilines is 2. The van der Waals surface area contributed by atoms with Crippen LogP contribution in [0.1, 0.15) is 23.2 Å². The Kier molecular flexibility index (Phi) is 3.19. The van der Waals surface area contributed by atoms with Gasteiger partial charge >= 0.3 is 5.97 Å². The molecule has 1 aromatic carbocycles. The molecular weight excluding hydrogens is 220 g/mol. The van der Waals surface area contributed by atoms with Crippen LogP contribution >= 0.6 is 0 Å². The molecule has 5 nitrogen and oxygen atoms in total. The number of piperidine rings is 1. The zero-order chi connectivity index (χ0) is 12.4. The Bertz CT molecular complexity index is 434. The number of nitrogens with two attached hydrogens (primary N) is 1. The van der Waals surface area contributed by atoms with E-state index in [0.29, 0.717) is 17.9 Å². The van der Waals surface area contributed by atoms with Crippen LogP contribution in [0.5, 0.6) is 0 Å². The Hall–Kier alpha value is -1.75. The predicted octanol–water partition coefficient (Wildman–Crippen LogP) is 0.928. The van der Waals surface area contributed by atoms with Crippen LogP contribution in [-0.2, 0) is 0 Å². The molecule has 17 heavy (non-hydrogen) atoms. The highest BCUT2D eigenvalue weighted by molar-refractivity contribution is 5.90. The molecule has 1 aliphatic heterocycles. The third kappa shape index (κ3) is 2.50. The van der Waals surface area contributed by atoms with Crippen molar-refractivity contribution >= 4 is 17.3 Å². The van der Waals surface area contributed by atoms with E-state index < -0.39 is 5.97 Å². The third-order valence-electron chi connectivity index (χ3n) is 3.01. The van der Waals surface area contributed by atoms with Crippen LogP contribution in [-0.4, -0.2) is 35.4 Å². The molecule has 1 unspecified atom stereocenters. The van der Waals surface area contributed by atoms with Crippen LogP contribution in [0.3, 0.4) is 0 Å². The van der Waals surface area contributed by atoms with Crippen molar-refractivity contribution in [3.05, 3.63) is 23.8 Å². The highest BCUT2D eigenvalue weighted by Gasteiger charge is 2.20. The smallest absolute Gasteiger partial charge is 0.335 e. The largest absolute Gasteiger partial charge is 0.478 e. The molecular formula is C12H16N2O3. The zero-order valence-electron chi connectivity index (χ0n) is 9.47. The van der Waals surface area contributed by atoms with E-state index in [1.54, 1.807) is 12.1 Å². The van der Waals surface area contributed by atoms with E-state index >= 15 is 0 Å². The van der Waals surface area contributed by atoms with E-state index in [-0.39, 0.29) is 11.7 Å². The van der Waals surface area contributed by atoms with Gasteiger partial charge in [-0.2, -0.15) is 0 Å². The lowest BCUT2D eigenvalue weighted by molar-refractivity contribution is 0.0697. The van der Waals surface area contributed by atoms with E-state index in [1.807, 2.05) is 4.90 Å². The fourth-order valence-electron chi connectivity index (χ4n) is 2.12. The van der Waals surface area contributed by atoms with Gasteiger partial charge in [-0.05, 0) is 31.0 Å². The average molecular weight is 236 g/mol. The minimum atomic E-state index is -0.969. The number of nitrogens with zero attached hydrogens (tertiary/aromatic N) is 1. The highest BCUT2D eigenvalue weighted by Crippen LogP contribution is 2.27. The zero-order valence-corrected chi connectivity index (χ0v) is 9.47. The molecule has 1 aromatic rings. The molecule has 0 amide bonds. The Balaban J connectivity index is 2.29. The Morgan fingerprint density at radius 1 is 1.47 bits per heavy atom. The van der Waals surface area contributed by atoms with E-state index in [0.717, 1.165) is 19.4 Å². The lowest BCUT2D eigenvalue weighted by Crippen LogP contribution is -2.38. The number of aromatic carboxylic acids is 1. The van der Waals surface area contributed by atoms with Crippen LogP contribution in [0.2, 0.25) is 0 Å². The van der Waals surface area contributed by atoms with Gasteiger partial charge in [-0.1, -0.05) is 0 Å². The number of hydrogen-bond donors (Lipinski definition) is 3. The quantitative estimate of drug-likeness (QED) is 0.665. The van der Waals surface area contributed by atoms with Crippen molar-refractivity contribution < 1.29 is 15.0 Å². The molecule has 0 aliphatic carbocycles. The second-order valence-corrected chi connectivity index (χ2v) is 4.32. The second kappa shape index (κ2) is 4.63. The van der Waals surface area contributed by atoms with Crippen LogP contribution in [0.15, 0.2) is 18.2 Å². The minimum absolute atomic E-state index is 0.217. The molecule has 1 fully saturated rings. The first-order valence-electron chi connectivity index (χ1n) is 5.64. The second-order valence-electron chi connectivity index (χ2n) is 4.32. The van der Waals surface area contributed by atoms with Gasteiger partial charge in [0, 0.05) is 13.1 Å². The van der Waals surface area contributed by atoms with Crippen molar-refractivity contribution in [2.75, 3.05) is 23.7 Å². The van der Waals surface area contributed by atoms with E-state index in [2.05, 4.69) is 0 Å². The molecule has 0 spiro atoms.